The van der Waals surface area contributed by atoms with Crippen molar-refractivity contribution in [1.82, 2.24) is 0 Å². The minimum absolute atomic E-state index is 0.179. The van der Waals surface area contributed by atoms with E-state index in [1.807, 2.05) is 98.8 Å². The lowest BCUT2D eigenvalue weighted by molar-refractivity contribution is 0.0975. The van der Waals surface area contributed by atoms with Gasteiger partial charge in [-0.05, 0) is 83.9 Å². The molecule has 2 aliphatic carbocycles. The summed E-state index contributed by atoms with van der Waals surface area (Å²) >= 11 is 4.65. The summed E-state index contributed by atoms with van der Waals surface area (Å²) in [5.74, 6) is -0.215. The lowest BCUT2D eigenvalue weighted by Crippen LogP contribution is -2.27. The zero-order valence-corrected chi connectivity index (χ0v) is 28.5. The van der Waals surface area contributed by atoms with Crippen LogP contribution in [0.25, 0.3) is 52.9 Å². The minimum Gasteiger partial charge on any atom is -0.480 e. The highest BCUT2D eigenvalue weighted by Crippen LogP contribution is 2.57. The molecule has 4 heterocycles. The smallest absolute Gasteiger partial charge is 0.197 e. The van der Waals surface area contributed by atoms with Crippen LogP contribution in [-0.4, -0.2) is 23.1 Å². The molecule has 0 saturated carbocycles. The third-order valence-electron chi connectivity index (χ3n) is 9.61. The standard InChI is InChI=1S/C41H22O5S3/c1-41(2)31-17-23(15-29-33(42)25-11-19-7-3-4-8-20(19)12-26(25)34(29)43)47-38(31)40-37(46-41)39-32(49-40)18-24(48-39)16-30-35(44)27-13-21-9-5-6-10-22(21)14-28(27)36(30)45/h3-18H,1-2H3. The Morgan fingerprint density at radius 1 is 0.551 bits per heavy atom. The molecule has 0 atom stereocenters. The van der Waals surface area contributed by atoms with Crippen molar-refractivity contribution >= 4 is 100 Å². The van der Waals surface area contributed by atoms with Crippen LogP contribution in [0.4, 0.5) is 0 Å². The molecule has 0 bridgehead atoms. The maximum atomic E-state index is 13.5. The average molecular weight is 691 g/mol. The SMILES string of the molecule is CC1(C)Oc2c(sc3cc(C=C4C(=O)c5cc6ccccc6cc5C4=O)sc23)-c2sc(C=C3C(=O)c4cc5ccccc5cc4C3=O)cc21. The summed E-state index contributed by atoms with van der Waals surface area (Å²) in [4.78, 5) is 57.4. The van der Waals surface area contributed by atoms with E-state index in [1.54, 1.807) is 34.8 Å². The molecule has 0 fully saturated rings. The second kappa shape index (κ2) is 9.89. The van der Waals surface area contributed by atoms with Crippen molar-refractivity contribution < 1.29 is 23.9 Å². The van der Waals surface area contributed by atoms with Gasteiger partial charge in [0.25, 0.3) is 0 Å². The summed E-state index contributed by atoms with van der Waals surface area (Å²) < 4.78 is 8.62. The van der Waals surface area contributed by atoms with Gasteiger partial charge in [0.1, 0.15) is 5.60 Å². The maximum absolute atomic E-state index is 13.5. The van der Waals surface area contributed by atoms with E-state index in [1.165, 1.54) is 11.3 Å². The number of hydrogen-bond donors (Lipinski definition) is 0. The van der Waals surface area contributed by atoms with Crippen molar-refractivity contribution in [3.05, 3.63) is 134 Å². The molecule has 4 aromatic carbocycles. The van der Waals surface area contributed by atoms with E-state index in [0.717, 1.165) is 61.8 Å². The highest BCUT2D eigenvalue weighted by Gasteiger charge is 2.39. The van der Waals surface area contributed by atoms with Gasteiger partial charge < -0.3 is 4.74 Å². The molecule has 234 valence electrons. The van der Waals surface area contributed by atoms with Gasteiger partial charge in [-0.3, -0.25) is 19.2 Å². The Hall–Kier alpha value is -5.28. The zero-order chi connectivity index (χ0) is 33.3. The summed E-state index contributed by atoms with van der Waals surface area (Å²) in [5, 5.41) is 3.72. The molecule has 3 aliphatic rings. The summed E-state index contributed by atoms with van der Waals surface area (Å²) in [5.41, 5.74) is 2.49. The molecule has 0 saturated heterocycles. The van der Waals surface area contributed by atoms with Crippen LogP contribution in [0.5, 0.6) is 5.75 Å². The van der Waals surface area contributed by atoms with Crippen LogP contribution in [0.2, 0.25) is 0 Å². The fourth-order valence-corrected chi connectivity index (χ4v) is 11.0. The number of hydrogen-bond acceptors (Lipinski definition) is 8. The number of carbonyl (C=O) groups excluding carboxylic acids is 4. The van der Waals surface area contributed by atoms with Crippen LogP contribution in [0.3, 0.4) is 0 Å². The molecule has 7 aromatic rings. The molecule has 8 heteroatoms. The number of carbonyl (C=O) groups is 4. The predicted molar refractivity (Wildman–Crippen MR) is 198 cm³/mol. The summed E-state index contributed by atoms with van der Waals surface area (Å²) in [6.45, 7) is 4.03. The van der Waals surface area contributed by atoms with E-state index < -0.39 is 5.60 Å². The first kappa shape index (κ1) is 28.7. The molecular formula is C41H22O5S3. The van der Waals surface area contributed by atoms with Gasteiger partial charge in [-0.15, -0.1) is 34.0 Å². The van der Waals surface area contributed by atoms with Gasteiger partial charge in [-0.2, -0.15) is 0 Å². The Balaban J connectivity index is 1.01. The quantitative estimate of drug-likeness (QED) is 0.133. The Bertz CT molecular complexity index is 2690. The molecule has 0 spiro atoms. The largest absolute Gasteiger partial charge is 0.480 e. The molecule has 10 rings (SSSR count). The molecule has 1 aliphatic heterocycles. The number of ketones is 4. The molecule has 3 aromatic heterocycles. The Kier molecular flexibility index (Phi) is 5.79. The van der Waals surface area contributed by atoms with Gasteiger partial charge in [0, 0.05) is 37.6 Å². The van der Waals surface area contributed by atoms with Crippen LogP contribution in [0.15, 0.2) is 96.1 Å². The van der Waals surface area contributed by atoms with Crippen molar-refractivity contribution in [2.24, 2.45) is 0 Å². The average Bonchev–Trinajstić information content (AvgIpc) is 3.88. The van der Waals surface area contributed by atoms with Crippen LogP contribution in [0, 0.1) is 0 Å². The summed E-state index contributed by atoms with van der Waals surface area (Å²) in [6, 6.07) is 26.8. The Morgan fingerprint density at radius 2 is 1.00 bits per heavy atom. The fourth-order valence-electron chi connectivity index (χ4n) is 7.17. The van der Waals surface area contributed by atoms with E-state index in [-0.39, 0.29) is 34.3 Å². The zero-order valence-electron chi connectivity index (χ0n) is 26.0. The normalized spacial score (nSPS) is 16.0. The summed E-state index contributed by atoms with van der Waals surface area (Å²) in [7, 11) is 0. The number of thiophene rings is 3. The van der Waals surface area contributed by atoms with Gasteiger partial charge in [0.05, 0.1) is 30.3 Å². The molecule has 0 unspecified atom stereocenters. The van der Waals surface area contributed by atoms with E-state index in [9.17, 15) is 19.2 Å². The fraction of sp³-hybridized carbons (Fsp3) is 0.0732. The Morgan fingerprint density at radius 3 is 1.47 bits per heavy atom. The van der Waals surface area contributed by atoms with E-state index in [2.05, 4.69) is 0 Å². The molecule has 0 N–H and O–H groups in total. The first-order valence-electron chi connectivity index (χ1n) is 15.7. The van der Waals surface area contributed by atoms with Crippen molar-refractivity contribution in [1.29, 1.82) is 0 Å². The van der Waals surface area contributed by atoms with Crippen molar-refractivity contribution in [3.8, 4) is 15.5 Å². The molecule has 49 heavy (non-hydrogen) atoms. The topological polar surface area (TPSA) is 77.5 Å². The number of ether oxygens (including phenoxy) is 1. The van der Waals surface area contributed by atoms with E-state index in [0.29, 0.717) is 22.3 Å². The lowest BCUT2D eigenvalue weighted by atomic mass is 9.95. The van der Waals surface area contributed by atoms with E-state index >= 15 is 0 Å². The third kappa shape index (κ3) is 4.08. The molecule has 0 amide bonds. The van der Waals surface area contributed by atoms with Crippen LogP contribution < -0.4 is 4.74 Å². The first-order valence-corrected chi connectivity index (χ1v) is 18.2. The molecular weight excluding hydrogens is 669 g/mol. The van der Waals surface area contributed by atoms with E-state index in [4.69, 9.17) is 4.74 Å². The second-order valence-corrected chi connectivity index (χ2v) is 16.2. The minimum atomic E-state index is -0.669. The number of allylic oxidation sites excluding steroid dienone is 2. The predicted octanol–water partition coefficient (Wildman–Crippen LogP) is 10.6. The van der Waals surface area contributed by atoms with Crippen molar-refractivity contribution in [2.75, 3.05) is 0 Å². The highest BCUT2D eigenvalue weighted by atomic mass is 32.1. The monoisotopic (exact) mass is 690 g/mol. The number of Topliss-reactive ketones (excluding diaryl/α,β-unsaturated/α-hetero) is 4. The maximum Gasteiger partial charge on any atom is 0.197 e. The van der Waals surface area contributed by atoms with Gasteiger partial charge in [-0.1, -0.05) is 48.5 Å². The Labute approximate surface area is 291 Å². The first-order chi connectivity index (χ1) is 23.6. The molecule has 5 nitrogen and oxygen atoms in total. The van der Waals surface area contributed by atoms with Crippen molar-refractivity contribution in [2.45, 2.75) is 19.4 Å². The van der Waals surface area contributed by atoms with Crippen LogP contribution in [0.1, 0.15) is 70.6 Å². The second-order valence-electron chi connectivity index (χ2n) is 13.0. The van der Waals surface area contributed by atoms with Gasteiger partial charge in [0.15, 0.2) is 28.9 Å². The molecule has 0 radical (unpaired) electrons. The third-order valence-corrected chi connectivity index (χ3v) is 13.2. The number of benzene rings is 4. The highest BCUT2D eigenvalue weighted by molar-refractivity contribution is 7.32. The summed E-state index contributed by atoms with van der Waals surface area (Å²) in [6.07, 6.45) is 3.44. The van der Waals surface area contributed by atoms with Crippen LogP contribution >= 0.6 is 34.0 Å². The van der Waals surface area contributed by atoms with Crippen molar-refractivity contribution in [3.63, 3.8) is 0 Å². The lowest BCUT2D eigenvalue weighted by Gasteiger charge is -2.31. The van der Waals surface area contributed by atoms with Gasteiger partial charge in [-0.25, -0.2) is 0 Å². The van der Waals surface area contributed by atoms with Gasteiger partial charge >= 0.3 is 0 Å². The van der Waals surface area contributed by atoms with Crippen LogP contribution in [-0.2, 0) is 5.60 Å². The number of fused-ring (bicyclic) bond motifs is 9. The number of rotatable bonds is 2. The van der Waals surface area contributed by atoms with Gasteiger partial charge in [0.2, 0.25) is 0 Å².